The Morgan fingerprint density at radius 1 is 1.52 bits per heavy atom. The van der Waals surface area contributed by atoms with Crippen LogP contribution in [0.4, 0.5) is 0 Å². The Balaban J connectivity index is 2.09. The molecule has 1 saturated carbocycles. The Kier molecular flexibility index (Phi) is 4.67. The standard InChI is InChI=1S/C13H21N3O4S/c1-3-6-16-8-12(14-9(16)2)21(19,20)15-11-5-4-10(7-11)13(17)18/h8,10-11,15H,3-7H2,1-2H3,(H,17,18). The third-order valence-corrected chi connectivity index (χ3v) is 5.19. The summed E-state index contributed by atoms with van der Waals surface area (Å²) in [5, 5.41) is 8.96. The van der Waals surface area contributed by atoms with Gasteiger partial charge in [-0.25, -0.2) is 18.1 Å². The molecule has 1 aliphatic carbocycles. The van der Waals surface area contributed by atoms with Gasteiger partial charge in [-0.2, -0.15) is 0 Å². The van der Waals surface area contributed by atoms with Crippen molar-refractivity contribution in [1.29, 1.82) is 0 Å². The summed E-state index contributed by atoms with van der Waals surface area (Å²) in [5.41, 5.74) is 0. The van der Waals surface area contributed by atoms with E-state index in [9.17, 15) is 13.2 Å². The molecule has 0 aromatic carbocycles. The fourth-order valence-corrected chi connectivity index (χ4v) is 3.96. The molecule has 0 amide bonds. The minimum absolute atomic E-state index is 0.00669. The number of nitrogens with zero attached hydrogens (tertiary/aromatic N) is 2. The number of hydrogen-bond acceptors (Lipinski definition) is 4. The molecule has 1 aliphatic rings. The van der Waals surface area contributed by atoms with Crippen molar-refractivity contribution in [2.24, 2.45) is 5.92 Å². The lowest BCUT2D eigenvalue weighted by Crippen LogP contribution is -2.33. The number of carboxylic acid groups (broad SMARTS) is 1. The highest BCUT2D eigenvalue weighted by Gasteiger charge is 2.33. The summed E-state index contributed by atoms with van der Waals surface area (Å²) in [5.74, 6) is -0.663. The van der Waals surface area contributed by atoms with E-state index in [1.165, 1.54) is 6.20 Å². The average molecular weight is 315 g/mol. The predicted molar refractivity (Wildman–Crippen MR) is 76.3 cm³/mol. The summed E-state index contributed by atoms with van der Waals surface area (Å²) in [6.45, 7) is 4.50. The van der Waals surface area contributed by atoms with Crippen molar-refractivity contribution in [2.75, 3.05) is 0 Å². The third kappa shape index (κ3) is 3.62. The van der Waals surface area contributed by atoms with Gasteiger partial charge in [0.25, 0.3) is 10.0 Å². The van der Waals surface area contributed by atoms with E-state index in [-0.39, 0.29) is 11.1 Å². The van der Waals surface area contributed by atoms with Crippen LogP contribution >= 0.6 is 0 Å². The summed E-state index contributed by atoms with van der Waals surface area (Å²) in [4.78, 5) is 15.0. The molecule has 0 aliphatic heterocycles. The molecule has 0 radical (unpaired) electrons. The largest absolute Gasteiger partial charge is 0.481 e. The molecule has 1 aromatic heterocycles. The van der Waals surface area contributed by atoms with Gasteiger partial charge in [-0.1, -0.05) is 6.92 Å². The molecule has 0 bridgehead atoms. The van der Waals surface area contributed by atoms with Crippen molar-refractivity contribution in [3.8, 4) is 0 Å². The van der Waals surface area contributed by atoms with Crippen LogP contribution in [0.2, 0.25) is 0 Å². The molecule has 21 heavy (non-hydrogen) atoms. The number of aliphatic carboxylic acids is 1. The first-order valence-electron chi connectivity index (χ1n) is 7.12. The van der Waals surface area contributed by atoms with E-state index in [4.69, 9.17) is 5.11 Å². The van der Waals surface area contributed by atoms with Crippen LogP contribution in [0, 0.1) is 12.8 Å². The third-order valence-electron chi connectivity index (χ3n) is 3.80. The first-order chi connectivity index (χ1) is 9.83. The monoisotopic (exact) mass is 315 g/mol. The predicted octanol–water partition coefficient (Wildman–Crippen LogP) is 1.13. The van der Waals surface area contributed by atoms with Gasteiger partial charge >= 0.3 is 5.97 Å². The quantitative estimate of drug-likeness (QED) is 0.819. The summed E-state index contributed by atoms with van der Waals surface area (Å²) in [7, 11) is -3.69. The van der Waals surface area contributed by atoms with E-state index in [1.807, 2.05) is 11.5 Å². The Labute approximate surface area is 124 Å². The number of rotatable bonds is 6. The first-order valence-corrected chi connectivity index (χ1v) is 8.60. The number of sulfonamides is 1. The van der Waals surface area contributed by atoms with E-state index in [0.29, 0.717) is 25.1 Å². The van der Waals surface area contributed by atoms with Crippen LogP contribution in [0.5, 0.6) is 0 Å². The summed E-state index contributed by atoms with van der Waals surface area (Å²) in [6, 6.07) is -0.326. The Hall–Kier alpha value is -1.41. The van der Waals surface area contributed by atoms with Crippen molar-refractivity contribution < 1.29 is 18.3 Å². The summed E-state index contributed by atoms with van der Waals surface area (Å²) in [6.07, 6.45) is 3.82. The number of aromatic nitrogens is 2. The van der Waals surface area contributed by atoms with Crippen molar-refractivity contribution in [3.63, 3.8) is 0 Å². The van der Waals surface area contributed by atoms with Crippen LogP contribution in [0.25, 0.3) is 0 Å². The van der Waals surface area contributed by atoms with Crippen LogP contribution < -0.4 is 4.72 Å². The molecule has 2 atom stereocenters. The maximum absolute atomic E-state index is 12.3. The van der Waals surface area contributed by atoms with Crippen molar-refractivity contribution in [3.05, 3.63) is 12.0 Å². The van der Waals surface area contributed by atoms with Gasteiger partial charge in [-0.3, -0.25) is 4.79 Å². The lowest BCUT2D eigenvalue weighted by atomic mass is 10.1. The highest BCUT2D eigenvalue weighted by Crippen LogP contribution is 2.26. The van der Waals surface area contributed by atoms with Crippen molar-refractivity contribution in [2.45, 2.75) is 57.1 Å². The smallest absolute Gasteiger partial charge is 0.306 e. The molecule has 8 heteroatoms. The molecule has 2 rings (SSSR count). The van der Waals surface area contributed by atoms with E-state index >= 15 is 0 Å². The minimum atomic E-state index is -3.69. The van der Waals surface area contributed by atoms with Crippen molar-refractivity contribution >= 4 is 16.0 Å². The Bertz CT molecular complexity index is 623. The number of carboxylic acids is 1. The van der Waals surface area contributed by atoms with Gasteiger partial charge in [-0.15, -0.1) is 0 Å². The van der Waals surface area contributed by atoms with E-state index < -0.39 is 21.9 Å². The van der Waals surface area contributed by atoms with E-state index in [1.54, 1.807) is 6.92 Å². The Morgan fingerprint density at radius 2 is 2.24 bits per heavy atom. The molecule has 2 N–H and O–H groups in total. The van der Waals surface area contributed by atoms with Gasteiger partial charge in [0.05, 0.1) is 5.92 Å². The van der Waals surface area contributed by atoms with Gasteiger partial charge in [0.2, 0.25) is 0 Å². The molecule has 118 valence electrons. The SMILES string of the molecule is CCCn1cc(S(=O)(=O)NC2CCC(C(=O)O)C2)nc1C. The summed E-state index contributed by atoms with van der Waals surface area (Å²) >= 11 is 0. The second-order valence-corrected chi connectivity index (χ2v) is 7.15. The van der Waals surface area contributed by atoms with Crippen LogP contribution in [-0.2, 0) is 21.4 Å². The van der Waals surface area contributed by atoms with Gasteiger partial charge in [0.15, 0.2) is 5.03 Å². The molecular weight excluding hydrogens is 294 g/mol. The number of imidazole rings is 1. The highest BCUT2D eigenvalue weighted by atomic mass is 32.2. The van der Waals surface area contributed by atoms with Gasteiger partial charge < -0.3 is 9.67 Å². The highest BCUT2D eigenvalue weighted by molar-refractivity contribution is 7.89. The normalized spacial score (nSPS) is 22.6. The molecule has 2 unspecified atom stereocenters. The molecule has 1 heterocycles. The molecule has 0 spiro atoms. The van der Waals surface area contributed by atoms with Crippen molar-refractivity contribution in [1.82, 2.24) is 14.3 Å². The number of nitrogens with one attached hydrogen (secondary N) is 1. The lowest BCUT2D eigenvalue weighted by molar-refractivity contribution is -0.141. The average Bonchev–Trinajstić information content (AvgIpc) is 2.98. The lowest BCUT2D eigenvalue weighted by Gasteiger charge is -2.11. The van der Waals surface area contributed by atoms with E-state index in [0.717, 1.165) is 13.0 Å². The maximum Gasteiger partial charge on any atom is 0.306 e. The summed E-state index contributed by atoms with van der Waals surface area (Å²) < 4.78 is 29.0. The maximum atomic E-state index is 12.3. The molecule has 7 nitrogen and oxygen atoms in total. The number of hydrogen-bond donors (Lipinski definition) is 2. The number of aryl methyl sites for hydroxylation is 2. The fraction of sp³-hybridized carbons (Fsp3) is 0.692. The topological polar surface area (TPSA) is 101 Å². The molecule has 1 aromatic rings. The minimum Gasteiger partial charge on any atom is -0.481 e. The second kappa shape index (κ2) is 6.15. The van der Waals surface area contributed by atoms with Crippen LogP contribution in [-0.4, -0.2) is 35.1 Å². The molecular formula is C13H21N3O4S. The zero-order chi connectivity index (χ0) is 15.6. The van der Waals surface area contributed by atoms with Gasteiger partial charge in [0, 0.05) is 18.8 Å². The van der Waals surface area contributed by atoms with E-state index in [2.05, 4.69) is 9.71 Å². The van der Waals surface area contributed by atoms with Crippen LogP contribution in [0.3, 0.4) is 0 Å². The Morgan fingerprint density at radius 3 is 2.81 bits per heavy atom. The van der Waals surface area contributed by atoms with Crippen LogP contribution in [0.15, 0.2) is 11.2 Å². The van der Waals surface area contributed by atoms with Gasteiger partial charge in [-0.05, 0) is 32.6 Å². The molecule has 0 saturated heterocycles. The zero-order valence-corrected chi connectivity index (χ0v) is 13.1. The zero-order valence-electron chi connectivity index (χ0n) is 12.2. The molecule has 1 fully saturated rings. The fourth-order valence-electron chi connectivity index (χ4n) is 2.67. The van der Waals surface area contributed by atoms with Gasteiger partial charge in [0.1, 0.15) is 5.82 Å². The number of carbonyl (C=O) groups is 1. The second-order valence-electron chi connectivity index (χ2n) is 5.49. The van der Waals surface area contributed by atoms with Crippen LogP contribution in [0.1, 0.15) is 38.4 Å². The first kappa shape index (κ1) is 16.0.